The SMILES string of the molecule is CCNC(=NCc1cc(Br)c2c(c1)OCO2)NCCCOCC1CCOC1. The third-order valence-electron chi connectivity index (χ3n) is 4.39. The van der Waals surface area contributed by atoms with Crippen LogP contribution in [-0.4, -0.2) is 52.3 Å². The number of rotatable bonds is 9. The number of hydrogen-bond acceptors (Lipinski definition) is 5. The Hall–Kier alpha value is -1.51. The molecule has 8 heteroatoms. The van der Waals surface area contributed by atoms with Gasteiger partial charge in [0.15, 0.2) is 17.5 Å². The highest BCUT2D eigenvalue weighted by Gasteiger charge is 2.18. The van der Waals surface area contributed by atoms with Crippen LogP contribution in [0.5, 0.6) is 11.5 Å². The summed E-state index contributed by atoms with van der Waals surface area (Å²) >= 11 is 3.52. The summed E-state index contributed by atoms with van der Waals surface area (Å²) in [6.45, 7) is 7.77. The smallest absolute Gasteiger partial charge is 0.231 e. The second-order valence-electron chi connectivity index (χ2n) is 6.59. The first-order valence-corrected chi connectivity index (χ1v) is 10.3. The molecule has 2 N–H and O–H groups in total. The highest BCUT2D eigenvalue weighted by Crippen LogP contribution is 2.40. The molecule has 2 aliphatic heterocycles. The minimum atomic E-state index is 0.265. The van der Waals surface area contributed by atoms with Crippen molar-refractivity contribution in [1.82, 2.24) is 10.6 Å². The molecule has 0 aromatic heterocycles. The van der Waals surface area contributed by atoms with Gasteiger partial charge in [-0.15, -0.1) is 0 Å². The fourth-order valence-corrected chi connectivity index (χ4v) is 3.57. The summed E-state index contributed by atoms with van der Waals surface area (Å²) in [5, 5.41) is 6.62. The van der Waals surface area contributed by atoms with Crippen LogP contribution in [0.4, 0.5) is 0 Å². The maximum atomic E-state index is 5.73. The molecule has 0 bridgehead atoms. The third kappa shape index (κ3) is 6.26. The van der Waals surface area contributed by atoms with Crippen molar-refractivity contribution in [2.45, 2.75) is 26.3 Å². The summed E-state index contributed by atoms with van der Waals surface area (Å²) in [6, 6.07) is 3.99. The Balaban J connectivity index is 1.40. The fraction of sp³-hybridized carbons (Fsp3) is 0.632. The van der Waals surface area contributed by atoms with Gasteiger partial charge in [-0.05, 0) is 53.4 Å². The molecule has 0 radical (unpaired) electrons. The molecule has 2 heterocycles. The number of guanidine groups is 1. The molecule has 0 amide bonds. The quantitative estimate of drug-likeness (QED) is 0.348. The van der Waals surface area contributed by atoms with Gasteiger partial charge in [-0.3, -0.25) is 0 Å². The molecule has 1 aromatic rings. The molecule has 1 unspecified atom stereocenters. The number of hydrogen-bond donors (Lipinski definition) is 2. The van der Waals surface area contributed by atoms with Gasteiger partial charge in [0.2, 0.25) is 6.79 Å². The number of benzene rings is 1. The van der Waals surface area contributed by atoms with Crippen molar-refractivity contribution >= 4 is 21.9 Å². The Morgan fingerprint density at radius 3 is 3.07 bits per heavy atom. The second kappa shape index (κ2) is 10.7. The average Bonchev–Trinajstić information content (AvgIpc) is 3.34. The standard InChI is InChI=1S/C19H28BrN3O4/c1-2-21-19(22-5-3-6-24-11-14-4-7-25-12-14)23-10-15-8-16(20)18-17(9-15)26-13-27-18/h8-9,14H,2-7,10-13H2,1H3,(H2,21,22,23). The molecule has 0 spiro atoms. The summed E-state index contributed by atoms with van der Waals surface area (Å²) < 4.78 is 22.9. The number of nitrogens with one attached hydrogen (secondary N) is 2. The van der Waals surface area contributed by atoms with E-state index >= 15 is 0 Å². The van der Waals surface area contributed by atoms with Crippen LogP contribution in [0.1, 0.15) is 25.3 Å². The summed E-state index contributed by atoms with van der Waals surface area (Å²) in [7, 11) is 0. The molecule has 2 aliphatic rings. The molecule has 1 saturated heterocycles. The van der Waals surface area contributed by atoms with Crippen molar-refractivity contribution in [2.24, 2.45) is 10.9 Å². The summed E-state index contributed by atoms with van der Waals surface area (Å²) in [5.41, 5.74) is 1.06. The van der Waals surface area contributed by atoms with E-state index in [4.69, 9.17) is 18.9 Å². The van der Waals surface area contributed by atoms with Crippen LogP contribution in [0.15, 0.2) is 21.6 Å². The normalized spacial score (nSPS) is 18.7. The maximum Gasteiger partial charge on any atom is 0.231 e. The van der Waals surface area contributed by atoms with Crippen molar-refractivity contribution in [3.8, 4) is 11.5 Å². The Kier molecular flexibility index (Phi) is 8.04. The lowest BCUT2D eigenvalue weighted by atomic mass is 10.1. The van der Waals surface area contributed by atoms with E-state index in [2.05, 4.69) is 38.5 Å². The van der Waals surface area contributed by atoms with Crippen molar-refractivity contribution in [1.29, 1.82) is 0 Å². The van der Waals surface area contributed by atoms with Crippen LogP contribution in [0, 0.1) is 5.92 Å². The molecule has 1 aromatic carbocycles. The lowest BCUT2D eigenvalue weighted by Crippen LogP contribution is -2.38. The summed E-state index contributed by atoms with van der Waals surface area (Å²) in [5.74, 6) is 2.89. The van der Waals surface area contributed by atoms with Crippen LogP contribution >= 0.6 is 15.9 Å². The second-order valence-corrected chi connectivity index (χ2v) is 7.45. The Labute approximate surface area is 168 Å². The molecule has 27 heavy (non-hydrogen) atoms. The number of fused-ring (bicyclic) bond motifs is 1. The van der Waals surface area contributed by atoms with E-state index in [-0.39, 0.29) is 6.79 Å². The molecule has 0 saturated carbocycles. The zero-order chi connectivity index (χ0) is 18.9. The summed E-state index contributed by atoms with van der Waals surface area (Å²) in [4.78, 5) is 4.65. The molecular weight excluding hydrogens is 414 g/mol. The average molecular weight is 442 g/mol. The van der Waals surface area contributed by atoms with E-state index in [0.29, 0.717) is 12.5 Å². The van der Waals surface area contributed by atoms with Gasteiger partial charge in [0.1, 0.15) is 0 Å². The topological polar surface area (TPSA) is 73.3 Å². The zero-order valence-corrected chi connectivity index (χ0v) is 17.3. The van der Waals surface area contributed by atoms with Gasteiger partial charge in [0.25, 0.3) is 0 Å². The third-order valence-corrected chi connectivity index (χ3v) is 4.98. The molecular formula is C19H28BrN3O4. The minimum Gasteiger partial charge on any atom is -0.454 e. The van der Waals surface area contributed by atoms with Crippen LogP contribution < -0.4 is 20.1 Å². The molecule has 7 nitrogen and oxygen atoms in total. The Bertz CT molecular complexity index is 636. The van der Waals surface area contributed by atoms with Crippen molar-refractivity contribution in [3.63, 3.8) is 0 Å². The van der Waals surface area contributed by atoms with Gasteiger partial charge in [0, 0.05) is 32.2 Å². The van der Waals surface area contributed by atoms with E-state index in [9.17, 15) is 0 Å². The van der Waals surface area contributed by atoms with Gasteiger partial charge < -0.3 is 29.6 Å². The largest absolute Gasteiger partial charge is 0.454 e. The van der Waals surface area contributed by atoms with Crippen molar-refractivity contribution in [2.75, 3.05) is 46.3 Å². The van der Waals surface area contributed by atoms with E-state index < -0.39 is 0 Å². The Morgan fingerprint density at radius 2 is 2.26 bits per heavy atom. The molecule has 0 aliphatic carbocycles. The number of ether oxygens (including phenoxy) is 4. The van der Waals surface area contributed by atoms with Crippen LogP contribution in [-0.2, 0) is 16.0 Å². The van der Waals surface area contributed by atoms with E-state index in [1.54, 1.807) is 0 Å². The number of nitrogens with zero attached hydrogens (tertiary/aromatic N) is 1. The number of halogens is 1. The molecule has 1 atom stereocenters. The molecule has 150 valence electrons. The van der Waals surface area contributed by atoms with E-state index in [1.165, 1.54) is 0 Å². The maximum absolute atomic E-state index is 5.73. The number of aliphatic imine (C=N–C) groups is 1. The predicted octanol–water partition coefficient (Wildman–Crippen LogP) is 2.68. The lowest BCUT2D eigenvalue weighted by Gasteiger charge is -2.12. The lowest BCUT2D eigenvalue weighted by molar-refractivity contribution is 0.0888. The van der Waals surface area contributed by atoms with E-state index in [1.807, 2.05) is 12.1 Å². The molecule has 1 fully saturated rings. The predicted molar refractivity (Wildman–Crippen MR) is 107 cm³/mol. The van der Waals surface area contributed by atoms with Gasteiger partial charge >= 0.3 is 0 Å². The first kappa shape index (κ1) is 20.2. The van der Waals surface area contributed by atoms with Crippen molar-refractivity contribution in [3.05, 3.63) is 22.2 Å². The Morgan fingerprint density at radius 1 is 1.33 bits per heavy atom. The van der Waals surface area contributed by atoms with Gasteiger partial charge in [0.05, 0.1) is 24.2 Å². The first-order valence-electron chi connectivity index (χ1n) is 9.52. The molecule has 3 rings (SSSR count). The first-order chi connectivity index (χ1) is 13.3. The van der Waals surface area contributed by atoms with Crippen molar-refractivity contribution < 1.29 is 18.9 Å². The van der Waals surface area contributed by atoms with Gasteiger partial charge in [-0.2, -0.15) is 0 Å². The van der Waals surface area contributed by atoms with Crippen LogP contribution in [0.2, 0.25) is 0 Å². The minimum absolute atomic E-state index is 0.265. The van der Waals surface area contributed by atoms with Crippen LogP contribution in [0.25, 0.3) is 0 Å². The zero-order valence-electron chi connectivity index (χ0n) is 15.8. The monoisotopic (exact) mass is 441 g/mol. The highest BCUT2D eigenvalue weighted by molar-refractivity contribution is 9.10. The van der Waals surface area contributed by atoms with Gasteiger partial charge in [-0.1, -0.05) is 0 Å². The summed E-state index contributed by atoms with van der Waals surface area (Å²) in [6.07, 6.45) is 2.05. The fourth-order valence-electron chi connectivity index (χ4n) is 2.97. The highest BCUT2D eigenvalue weighted by atomic mass is 79.9. The van der Waals surface area contributed by atoms with Crippen LogP contribution in [0.3, 0.4) is 0 Å². The van der Waals surface area contributed by atoms with E-state index in [0.717, 1.165) is 79.9 Å². The van der Waals surface area contributed by atoms with Gasteiger partial charge in [-0.25, -0.2) is 4.99 Å².